The lowest BCUT2D eigenvalue weighted by Gasteiger charge is -2.39. The van der Waals surface area contributed by atoms with Gasteiger partial charge in [0.2, 0.25) is 0 Å². The average Bonchev–Trinajstić information content (AvgIpc) is 3.42. The highest BCUT2D eigenvalue weighted by molar-refractivity contribution is 6.87. The molecule has 0 spiro atoms. The first kappa shape index (κ1) is 29.6. The Morgan fingerprint density at radius 3 is 2.02 bits per heavy atom. The van der Waals surface area contributed by atoms with Gasteiger partial charge in [0, 0.05) is 45.0 Å². The van der Waals surface area contributed by atoms with Gasteiger partial charge < -0.3 is 33.6 Å². The molecule has 1 aromatic carbocycles. The fraction of sp³-hybridized carbons (Fsp3) is 0.406. The third kappa shape index (κ3) is 5.74. The fourth-order valence-electron chi connectivity index (χ4n) is 5.74. The zero-order chi connectivity index (χ0) is 28.7. The normalized spacial score (nSPS) is 15.2. The van der Waals surface area contributed by atoms with Crippen molar-refractivity contribution in [1.29, 1.82) is 0 Å². The number of benzene rings is 1. The first-order chi connectivity index (χ1) is 19.4. The van der Waals surface area contributed by atoms with Gasteiger partial charge in [-0.15, -0.1) is 11.8 Å². The highest BCUT2D eigenvalue weighted by Crippen LogP contribution is 2.43. The van der Waals surface area contributed by atoms with Gasteiger partial charge in [0.1, 0.15) is 18.9 Å². The second-order valence-corrected chi connectivity index (χ2v) is 10.2. The Balaban J connectivity index is 1.95. The number of nitrogens with two attached hydrogens (primary N) is 1. The van der Waals surface area contributed by atoms with Crippen LogP contribution in [0.3, 0.4) is 0 Å². The number of hydrogen-bond donors (Lipinski definition) is 1. The van der Waals surface area contributed by atoms with E-state index in [0.29, 0.717) is 46.2 Å². The number of ether oxygens (including phenoxy) is 4. The summed E-state index contributed by atoms with van der Waals surface area (Å²) in [4.78, 5) is 0. The molecule has 40 heavy (non-hydrogen) atoms. The molecule has 2 aliphatic heterocycles. The van der Waals surface area contributed by atoms with Crippen LogP contribution in [0.4, 0.5) is 0 Å². The van der Waals surface area contributed by atoms with Crippen LogP contribution in [-0.2, 0) is 25.5 Å². The van der Waals surface area contributed by atoms with Gasteiger partial charge in [0.15, 0.2) is 5.70 Å². The van der Waals surface area contributed by atoms with Crippen LogP contribution >= 0.6 is 0 Å². The summed E-state index contributed by atoms with van der Waals surface area (Å²) in [6.45, 7) is 11.7. The van der Waals surface area contributed by atoms with E-state index < -0.39 is 6.42 Å². The summed E-state index contributed by atoms with van der Waals surface area (Å²) >= 11 is 0. The molecule has 0 aliphatic carbocycles. The number of aromatic nitrogens is 1. The minimum absolute atomic E-state index is 0.291. The first-order valence-corrected chi connectivity index (χ1v) is 13.7. The van der Waals surface area contributed by atoms with Gasteiger partial charge in [-0.05, 0) is 49.2 Å². The van der Waals surface area contributed by atoms with Crippen molar-refractivity contribution in [2.45, 2.75) is 34.2 Å². The molecule has 1 aromatic heterocycles. The second kappa shape index (κ2) is 13.3. The van der Waals surface area contributed by atoms with Gasteiger partial charge in [0.25, 0.3) is 0 Å². The van der Waals surface area contributed by atoms with E-state index in [1.165, 1.54) is 16.7 Å². The molecule has 0 saturated carbocycles. The molecule has 0 fully saturated rings. The molecule has 0 atom stereocenters. The maximum atomic E-state index is 5.91. The molecular formula is C32H40BN3O4. The predicted molar refractivity (Wildman–Crippen MR) is 161 cm³/mol. The molecule has 7 nitrogen and oxygen atoms in total. The summed E-state index contributed by atoms with van der Waals surface area (Å²) in [6.07, 6.45) is 0.309. The molecular weight excluding hydrogens is 501 g/mol. The Kier molecular flexibility index (Phi) is 9.87. The third-order valence-corrected chi connectivity index (χ3v) is 7.36. The minimum Gasteiger partial charge on any atom is -0.435 e. The summed E-state index contributed by atoms with van der Waals surface area (Å²) in [7, 11) is 3.32. The van der Waals surface area contributed by atoms with Crippen molar-refractivity contribution in [1.82, 2.24) is 4.48 Å². The molecule has 0 unspecified atom stereocenters. The van der Waals surface area contributed by atoms with Gasteiger partial charge in [-0.3, -0.25) is 0 Å². The maximum Gasteiger partial charge on any atom is 0.520 e. The Bertz CT molecular complexity index is 1430. The lowest BCUT2D eigenvalue weighted by Crippen LogP contribution is -2.57. The molecule has 8 heteroatoms. The van der Waals surface area contributed by atoms with Crippen LogP contribution in [0.5, 0.6) is 0 Å². The molecule has 0 bridgehead atoms. The Morgan fingerprint density at radius 1 is 0.875 bits per heavy atom. The van der Waals surface area contributed by atoms with E-state index in [4.69, 9.17) is 24.7 Å². The molecule has 0 saturated heterocycles. The number of allylic oxidation sites excluding steroid dienone is 2. The van der Waals surface area contributed by atoms with E-state index in [9.17, 15) is 0 Å². The Hall–Kier alpha value is -3.37. The van der Waals surface area contributed by atoms with Crippen LogP contribution in [0.25, 0.3) is 5.57 Å². The molecule has 3 heterocycles. The molecule has 2 aromatic rings. The summed E-state index contributed by atoms with van der Waals surface area (Å²) < 4.78 is 26.4. The van der Waals surface area contributed by atoms with Crippen LogP contribution in [0.1, 0.15) is 41.9 Å². The summed E-state index contributed by atoms with van der Waals surface area (Å²) in [5.41, 5.74) is 16.2. The molecule has 0 radical (unpaired) electrons. The number of methoxy groups -OCH3 is 2. The Labute approximate surface area is 238 Å². The van der Waals surface area contributed by atoms with E-state index in [0.717, 1.165) is 33.9 Å². The molecule has 4 rings (SSSR count). The lowest BCUT2D eigenvalue weighted by atomic mass is 9.45. The molecule has 210 valence electrons. The highest BCUT2D eigenvalue weighted by atomic mass is 16.5. The lowest BCUT2D eigenvalue weighted by molar-refractivity contribution is -0.329. The van der Waals surface area contributed by atoms with Gasteiger partial charge in [-0.1, -0.05) is 24.3 Å². The van der Waals surface area contributed by atoms with E-state index in [-0.39, 0.29) is 0 Å². The van der Waals surface area contributed by atoms with Crippen molar-refractivity contribution in [2.75, 3.05) is 53.9 Å². The van der Waals surface area contributed by atoms with Gasteiger partial charge >= 0.3 is 6.42 Å². The quantitative estimate of drug-likeness (QED) is 0.284. The summed E-state index contributed by atoms with van der Waals surface area (Å²) in [6, 6.07) is 10.8. The topological polar surface area (TPSA) is 70.9 Å². The highest BCUT2D eigenvalue weighted by Gasteiger charge is 2.50. The molecule has 2 N–H and O–H groups in total. The molecule has 2 aliphatic rings. The van der Waals surface area contributed by atoms with Crippen LogP contribution in [0, 0.1) is 37.3 Å². The zero-order valence-electron chi connectivity index (χ0n) is 24.6. The summed E-state index contributed by atoms with van der Waals surface area (Å²) in [5, 5.41) is 0. The number of nitrogens with zero attached hydrogens (tertiary/aromatic N) is 2. The average molecular weight is 542 g/mol. The van der Waals surface area contributed by atoms with Crippen molar-refractivity contribution in [3.8, 4) is 23.5 Å². The number of aryl methyl sites for hydroxylation is 2. The fourth-order valence-corrected chi connectivity index (χ4v) is 5.74. The first-order valence-electron chi connectivity index (χ1n) is 13.7. The van der Waals surface area contributed by atoms with Gasteiger partial charge in [-0.2, -0.15) is 11.6 Å². The third-order valence-electron chi connectivity index (χ3n) is 7.36. The maximum absolute atomic E-state index is 5.91. The largest absolute Gasteiger partial charge is 0.520 e. The van der Waals surface area contributed by atoms with Crippen LogP contribution in [0.15, 0.2) is 47.7 Å². The van der Waals surface area contributed by atoms with E-state index in [1.54, 1.807) is 14.2 Å². The van der Waals surface area contributed by atoms with Crippen LogP contribution < -0.4 is 5.73 Å². The zero-order valence-corrected chi connectivity index (χ0v) is 24.6. The van der Waals surface area contributed by atoms with E-state index >= 15 is 0 Å². The number of hydrogen-bond acceptors (Lipinski definition) is 5. The minimum atomic E-state index is -1.92. The molecule has 0 amide bonds. The standard InChI is InChI=1S/C32H40BN3O4/c1-24-21-26(3)35-31(24)30(29-11-9-28(23-34)10-12-29)32-25(2)22-27(4)36(32)33(35,13-7-15-39-19-17-37-5)14-8-16-40-20-18-38-6/h9-12,21-22H,15-20,23,34H2,1-6H3. The van der Waals surface area contributed by atoms with Crippen LogP contribution in [-0.4, -0.2) is 75.0 Å². The monoisotopic (exact) mass is 541 g/mol. The van der Waals surface area contributed by atoms with Gasteiger partial charge in [0.05, 0.1) is 32.0 Å². The van der Waals surface area contributed by atoms with Crippen molar-refractivity contribution in [3.05, 3.63) is 75.8 Å². The Morgan fingerprint density at radius 2 is 1.48 bits per heavy atom. The van der Waals surface area contributed by atoms with E-state index in [1.807, 2.05) is 0 Å². The number of rotatable bonds is 10. The van der Waals surface area contributed by atoms with E-state index in [2.05, 4.69) is 96.5 Å². The summed E-state index contributed by atoms with van der Waals surface area (Å²) in [5.74, 6) is 13.9. The van der Waals surface area contributed by atoms with Gasteiger partial charge in [-0.25, -0.2) is 0 Å². The van der Waals surface area contributed by atoms with Crippen molar-refractivity contribution in [2.24, 2.45) is 5.73 Å². The smallest absolute Gasteiger partial charge is 0.435 e. The number of fused-ring (bicyclic) bond motifs is 2. The second-order valence-electron chi connectivity index (χ2n) is 10.2. The van der Waals surface area contributed by atoms with Crippen LogP contribution in [0.2, 0.25) is 0 Å². The van der Waals surface area contributed by atoms with Crippen molar-refractivity contribution < 1.29 is 23.4 Å². The SMILES string of the molecule is COCCOCC#C[B-]1(C#CCOCCOC)n2c(C)cc(C)c2C(c2ccc(CN)cc2)=C2C(C)=CC(C)=[N+]21. The van der Waals surface area contributed by atoms with Crippen molar-refractivity contribution >= 4 is 17.7 Å². The predicted octanol–water partition coefficient (Wildman–Crippen LogP) is 3.47. The van der Waals surface area contributed by atoms with Crippen molar-refractivity contribution in [3.63, 3.8) is 0 Å².